The fourth-order valence-corrected chi connectivity index (χ4v) is 1.96. The highest BCUT2D eigenvalue weighted by atomic mass is 79.9. The zero-order chi connectivity index (χ0) is 14.2. The maximum absolute atomic E-state index is 13.7. The SMILES string of the molecule is O=C(O)c1ccc(=O)n(-c2c(F)cc(Br)cc2F)c1. The maximum atomic E-state index is 13.7. The standard InChI is InChI=1S/C12H6BrF2NO3/c13-7-3-8(14)11(9(15)4-7)16-5-6(12(18)19)1-2-10(16)17/h1-5H,(H,18,19). The van der Waals surface area contributed by atoms with Crippen LogP contribution in [0.15, 0.2) is 39.7 Å². The molecule has 1 N–H and O–H groups in total. The molecule has 0 amide bonds. The van der Waals surface area contributed by atoms with Gasteiger partial charge in [0.2, 0.25) is 0 Å². The van der Waals surface area contributed by atoms with E-state index in [4.69, 9.17) is 5.11 Å². The maximum Gasteiger partial charge on any atom is 0.337 e. The molecule has 0 aliphatic rings. The summed E-state index contributed by atoms with van der Waals surface area (Å²) in [6.45, 7) is 0. The van der Waals surface area contributed by atoms with Crippen molar-refractivity contribution in [3.05, 3.63) is 62.5 Å². The summed E-state index contributed by atoms with van der Waals surface area (Å²) in [5.74, 6) is -3.25. The van der Waals surface area contributed by atoms with Gasteiger partial charge in [-0.2, -0.15) is 0 Å². The molecule has 2 aromatic rings. The minimum atomic E-state index is -1.30. The number of carboxylic acid groups (broad SMARTS) is 1. The lowest BCUT2D eigenvalue weighted by atomic mass is 10.2. The van der Waals surface area contributed by atoms with E-state index in [1.54, 1.807) is 0 Å². The van der Waals surface area contributed by atoms with Gasteiger partial charge in [-0.15, -0.1) is 0 Å². The predicted octanol–water partition coefficient (Wildman–Crippen LogP) is 2.58. The van der Waals surface area contributed by atoms with E-state index in [0.29, 0.717) is 4.57 Å². The molecule has 0 aliphatic heterocycles. The third kappa shape index (κ3) is 2.55. The van der Waals surface area contributed by atoms with Crippen LogP contribution in [0.25, 0.3) is 5.69 Å². The average Bonchev–Trinajstić information content (AvgIpc) is 2.29. The van der Waals surface area contributed by atoms with Crippen molar-refractivity contribution >= 4 is 21.9 Å². The Labute approximate surface area is 114 Å². The summed E-state index contributed by atoms with van der Waals surface area (Å²) in [7, 11) is 0. The van der Waals surface area contributed by atoms with Crippen LogP contribution < -0.4 is 5.56 Å². The molecule has 7 heteroatoms. The summed E-state index contributed by atoms with van der Waals surface area (Å²) in [4.78, 5) is 22.4. The molecule has 4 nitrogen and oxygen atoms in total. The van der Waals surface area contributed by atoms with E-state index in [-0.39, 0.29) is 10.0 Å². The second-order valence-electron chi connectivity index (χ2n) is 3.65. The number of benzene rings is 1. The second-order valence-corrected chi connectivity index (χ2v) is 4.56. The van der Waals surface area contributed by atoms with Gasteiger partial charge < -0.3 is 5.11 Å². The number of aromatic nitrogens is 1. The van der Waals surface area contributed by atoms with Crippen LogP contribution in [0.3, 0.4) is 0 Å². The molecule has 98 valence electrons. The van der Waals surface area contributed by atoms with E-state index >= 15 is 0 Å². The average molecular weight is 330 g/mol. The van der Waals surface area contributed by atoms with E-state index in [1.165, 1.54) is 0 Å². The number of hydrogen-bond donors (Lipinski definition) is 1. The minimum Gasteiger partial charge on any atom is -0.478 e. The summed E-state index contributed by atoms with van der Waals surface area (Å²) in [5, 5.41) is 8.82. The molecule has 19 heavy (non-hydrogen) atoms. The first-order chi connectivity index (χ1) is 8.90. The highest BCUT2D eigenvalue weighted by molar-refractivity contribution is 9.10. The Balaban J connectivity index is 2.75. The summed E-state index contributed by atoms with van der Waals surface area (Å²) >= 11 is 2.91. The molecule has 1 aromatic carbocycles. The Morgan fingerprint density at radius 3 is 2.32 bits per heavy atom. The number of halogens is 3. The smallest absolute Gasteiger partial charge is 0.337 e. The summed E-state index contributed by atoms with van der Waals surface area (Å²) in [6.07, 6.45) is 0.875. The van der Waals surface area contributed by atoms with E-state index in [2.05, 4.69) is 15.9 Å². The van der Waals surface area contributed by atoms with Crippen LogP contribution in [0.1, 0.15) is 10.4 Å². The van der Waals surface area contributed by atoms with E-state index in [9.17, 15) is 18.4 Å². The largest absolute Gasteiger partial charge is 0.478 e. The van der Waals surface area contributed by atoms with Crippen molar-refractivity contribution in [3.63, 3.8) is 0 Å². The fourth-order valence-electron chi connectivity index (χ4n) is 1.55. The first kappa shape index (κ1) is 13.4. The summed E-state index contributed by atoms with van der Waals surface area (Å²) in [6, 6.07) is 3.97. The lowest BCUT2D eigenvalue weighted by Crippen LogP contribution is -2.20. The molecule has 0 atom stereocenters. The van der Waals surface area contributed by atoms with Gasteiger partial charge in [-0.25, -0.2) is 13.6 Å². The molecule has 0 saturated heterocycles. The molecule has 0 fully saturated rings. The fraction of sp³-hybridized carbons (Fsp3) is 0. The van der Waals surface area contributed by atoms with Gasteiger partial charge in [-0.1, -0.05) is 15.9 Å². The molecule has 0 radical (unpaired) electrons. The lowest BCUT2D eigenvalue weighted by Gasteiger charge is -2.09. The highest BCUT2D eigenvalue weighted by Crippen LogP contribution is 2.22. The van der Waals surface area contributed by atoms with Crippen LogP contribution in [-0.2, 0) is 0 Å². The van der Waals surface area contributed by atoms with E-state index < -0.39 is 28.9 Å². The summed E-state index contributed by atoms with van der Waals surface area (Å²) < 4.78 is 28.3. The van der Waals surface area contributed by atoms with Crippen molar-refractivity contribution in [3.8, 4) is 5.69 Å². The molecule has 1 heterocycles. The quantitative estimate of drug-likeness (QED) is 0.921. The topological polar surface area (TPSA) is 59.3 Å². The number of aromatic carboxylic acids is 1. The second kappa shape index (κ2) is 4.93. The van der Waals surface area contributed by atoms with E-state index in [0.717, 1.165) is 30.5 Å². The molecule has 0 unspecified atom stereocenters. The molecule has 0 saturated carbocycles. The number of nitrogens with zero attached hydrogens (tertiary/aromatic N) is 1. The highest BCUT2D eigenvalue weighted by Gasteiger charge is 2.15. The van der Waals surface area contributed by atoms with Crippen LogP contribution in [-0.4, -0.2) is 15.6 Å². The number of rotatable bonds is 2. The first-order valence-electron chi connectivity index (χ1n) is 5.01. The van der Waals surface area contributed by atoms with Crippen molar-refractivity contribution in [2.45, 2.75) is 0 Å². The zero-order valence-corrected chi connectivity index (χ0v) is 10.8. The molecule has 1 aromatic heterocycles. The molecular formula is C12H6BrF2NO3. The predicted molar refractivity (Wildman–Crippen MR) is 66.6 cm³/mol. The third-order valence-electron chi connectivity index (χ3n) is 2.38. The Morgan fingerprint density at radius 1 is 1.21 bits per heavy atom. The van der Waals surface area contributed by atoms with Crippen LogP contribution >= 0.6 is 15.9 Å². The zero-order valence-electron chi connectivity index (χ0n) is 9.23. The number of pyridine rings is 1. The third-order valence-corrected chi connectivity index (χ3v) is 2.84. The van der Waals surface area contributed by atoms with Gasteiger partial charge in [-0.3, -0.25) is 9.36 Å². The number of hydrogen-bond acceptors (Lipinski definition) is 2. The molecular weight excluding hydrogens is 324 g/mol. The van der Waals surface area contributed by atoms with Gasteiger partial charge >= 0.3 is 5.97 Å². The van der Waals surface area contributed by atoms with Gasteiger partial charge in [0.15, 0.2) is 11.6 Å². The molecule has 0 spiro atoms. The lowest BCUT2D eigenvalue weighted by molar-refractivity contribution is 0.0696. The van der Waals surface area contributed by atoms with Crippen molar-refractivity contribution in [1.82, 2.24) is 4.57 Å². The molecule has 0 aliphatic carbocycles. The van der Waals surface area contributed by atoms with Crippen LogP contribution in [0.5, 0.6) is 0 Å². The van der Waals surface area contributed by atoms with Gasteiger partial charge in [0.1, 0.15) is 5.69 Å². The van der Waals surface area contributed by atoms with Crippen molar-refractivity contribution < 1.29 is 18.7 Å². The van der Waals surface area contributed by atoms with Crippen molar-refractivity contribution in [1.29, 1.82) is 0 Å². The summed E-state index contributed by atoms with van der Waals surface area (Å²) in [5.41, 5.74) is -1.59. The van der Waals surface area contributed by atoms with Gasteiger partial charge in [0.05, 0.1) is 5.56 Å². The Hall–Kier alpha value is -2.02. The molecule has 0 bridgehead atoms. The van der Waals surface area contributed by atoms with Crippen LogP contribution in [0, 0.1) is 11.6 Å². The van der Waals surface area contributed by atoms with Crippen molar-refractivity contribution in [2.24, 2.45) is 0 Å². The Bertz CT molecular complexity index is 704. The Kier molecular flexibility index (Phi) is 3.48. The Morgan fingerprint density at radius 2 is 1.79 bits per heavy atom. The van der Waals surface area contributed by atoms with Crippen molar-refractivity contribution in [2.75, 3.05) is 0 Å². The molecule has 2 rings (SSSR count). The number of carboxylic acids is 1. The minimum absolute atomic E-state index is 0.175. The monoisotopic (exact) mass is 329 g/mol. The van der Waals surface area contributed by atoms with Crippen LogP contribution in [0.2, 0.25) is 0 Å². The van der Waals surface area contributed by atoms with Gasteiger partial charge in [-0.05, 0) is 18.2 Å². The number of carbonyl (C=O) groups is 1. The van der Waals surface area contributed by atoms with Gasteiger partial charge in [0, 0.05) is 16.7 Å². The van der Waals surface area contributed by atoms with Gasteiger partial charge in [0.25, 0.3) is 5.56 Å². The first-order valence-corrected chi connectivity index (χ1v) is 5.80. The van der Waals surface area contributed by atoms with Crippen LogP contribution in [0.4, 0.5) is 8.78 Å². The van der Waals surface area contributed by atoms with E-state index in [1.807, 2.05) is 0 Å². The normalized spacial score (nSPS) is 10.5.